The van der Waals surface area contributed by atoms with Crippen LogP contribution >= 0.6 is 23.2 Å². The summed E-state index contributed by atoms with van der Waals surface area (Å²) in [7, 11) is 0. The summed E-state index contributed by atoms with van der Waals surface area (Å²) in [6.07, 6.45) is 6.76. The van der Waals surface area contributed by atoms with Crippen molar-refractivity contribution in [2.24, 2.45) is 0 Å². The average Bonchev–Trinajstić information content (AvgIpc) is 3.95. The van der Waals surface area contributed by atoms with E-state index in [9.17, 15) is 19.2 Å². The molecule has 2 aromatic carbocycles. The Balaban J connectivity index is 0.000000625. The molecule has 10 N–H and O–H groups in total. The number of aliphatic carboxylic acids is 2. The van der Waals surface area contributed by atoms with Crippen LogP contribution in [0.3, 0.4) is 0 Å². The molecule has 0 aliphatic carbocycles. The number of carboxylic acid groups (broad SMARTS) is 2. The van der Waals surface area contributed by atoms with Crippen LogP contribution in [-0.4, -0.2) is 143 Å². The van der Waals surface area contributed by atoms with Crippen molar-refractivity contribution in [2.75, 3.05) is 62.2 Å². The van der Waals surface area contributed by atoms with Gasteiger partial charge in [0.05, 0.1) is 35.4 Å². The molecule has 4 aromatic heterocycles. The zero-order chi connectivity index (χ0) is 43.6. The fraction of sp³-hybridized carbons (Fsp3) is 0.304. The van der Waals surface area contributed by atoms with Gasteiger partial charge in [-0.05, 0) is 59.7 Å². The van der Waals surface area contributed by atoms with E-state index in [1.54, 1.807) is 34.6 Å². The second-order valence-electron chi connectivity index (χ2n) is 14.6. The number of aromatic nitrogens is 6. The van der Waals surface area contributed by atoms with Gasteiger partial charge in [-0.15, -0.1) is 0 Å². The Labute approximate surface area is 426 Å². The number of carbonyl (C=O) groups excluding carboxylic acids is 2. The molecule has 0 spiro atoms. The average molecular weight is 989 g/mol. The Morgan fingerprint density at radius 2 is 0.794 bits per heavy atom. The molecule has 0 unspecified atom stereocenters. The van der Waals surface area contributed by atoms with Gasteiger partial charge < -0.3 is 46.2 Å². The van der Waals surface area contributed by atoms with Crippen molar-refractivity contribution in [2.45, 2.75) is 40.5 Å². The number of carboxylic acids is 2. The van der Waals surface area contributed by atoms with Gasteiger partial charge in [-0.25, -0.2) is 0 Å². The number of piperazine rings is 2. The summed E-state index contributed by atoms with van der Waals surface area (Å²) in [5.74, 6) is -0.538. The van der Waals surface area contributed by atoms with Gasteiger partial charge in [0.25, 0.3) is 0 Å². The Morgan fingerprint density at radius 1 is 0.485 bits per heavy atom. The normalized spacial score (nSPS) is 12.7. The molecule has 0 radical (unpaired) electrons. The predicted octanol–water partition coefficient (Wildman–Crippen LogP) is 2.41. The van der Waals surface area contributed by atoms with E-state index in [1.165, 1.54) is 0 Å². The quantitative estimate of drug-likeness (QED) is 0.129. The second-order valence-corrected chi connectivity index (χ2v) is 15.5. The molecule has 2 saturated heterocycles. The standard InChI is InChI=1S/2C22H22ClN5O3.2CH4.Na.3H2O/c2*23-17-3-1-16(2-4-17)21-20(15-7-9-24-10-8-15)22(26-25-21)28-13-11-27(12-14-28)18(29)5-6-19(30)31;;;;;;/h2*1-4,7-10H,5-6,11-14H2,(H,25,26)(H,30,31);2*1H4;;3*1H2/q;;;;+1;;;. The number of amides is 2. The van der Waals surface area contributed by atoms with Crippen molar-refractivity contribution in [1.82, 2.24) is 40.2 Å². The summed E-state index contributed by atoms with van der Waals surface area (Å²) in [4.78, 5) is 62.0. The molecule has 0 saturated carbocycles. The smallest absolute Gasteiger partial charge is 0.481 e. The maximum atomic E-state index is 12.3. The summed E-state index contributed by atoms with van der Waals surface area (Å²) >= 11 is 12.1. The number of anilines is 2. The molecule has 0 bridgehead atoms. The molecule has 0 atom stereocenters. The minimum Gasteiger partial charge on any atom is -0.481 e. The van der Waals surface area contributed by atoms with E-state index in [-0.39, 0.29) is 98.3 Å². The molecular formula is C46H58Cl2N10NaO9+. The SMILES string of the molecule is C.C.O.O.O.O=C(O)CCC(=O)N1CCN(c2n[nH]c(-c3ccc(Cl)cc3)c2-c2ccncc2)CC1.O=C(O)CCC(=O)N1CCN(c2n[nH]c(-c3ccc(Cl)cc3)c2-c2ccncc2)CC1.[Na+]. The van der Waals surface area contributed by atoms with Gasteiger partial charge in [-0.2, -0.15) is 10.2 Å². The van der Waals surface area contributed by atoms with Crippen LogP contribution in [0.25, 0.3) is 44.8 Å². The summed E-state index contributed by atoms with van der Waals surface area (Å²) in [5, 5.41) is 34.5. The number of rotatable bonds is 12. The van der Waals surface area contributed by atoms with E-state index in [0.717, 1.165) is 56.4 Å². The molecule has 2 aliphatic heterocycles. The van der Waals surface area contributed by atoms with Crippen molar-refractivity contribution in [3.8, 4) is 44.8 Å². The third-order valence-electron chi connectivity index (χ3n) is 10.7. The Bertz CT molecular complexity index is 2310. The largest absolute Gasteiger partial charge is 1.00 e. The van der Waals surface area contributed by atoms with Gasteiger partial charge in [-0.1, -0.05) is 62.3 Å². The third-order valence-corrected chi connectivity index (χ3v) is 11.2. The first kappa shape index (κ1) is 60.1. The van der Waals surface area contributed by atoms with E-state index in [4.69, 9.17) is 33.4 Å². The summed E-state index contributed by atoms with van der Waals surface area (Å²) in [6.45, 7) is 4.55. The van der Waals surface area contributed by atoms with E-state index >= 15 is 0 Å². The van der Waals surface area contributed by atoms with Crippen LogP contribution in [0.5, 0.6) is 0 Å². The van der Waals surface area contributed by atoms with E-state index in [1.807, 2.05) is 72.8 Å². The number of H-pyrrole nitrogens is 2. The summed E-state index contributed by atoms with van der Waals surface area (Å²) in [6, 6.07) is 22.9. The fourth-order valence-electron chi connectivity index (χ4n) is 7.44. The third kappa shape index (κ3) is 15.1. The van der Waals surface area contributed by atoms with Crippen LogP contribution in [0.2, 0.25) is 10.0 Å². The number of hydrogen-bond acceptors (Lipinski definition) is 10. The Kier molecular flexibility index (Phi) is 25.1. The molecule has 2 aliphatic rings. The van der Waals surface area contributed by atoms with Crippen molar-refractivity contribution in [3.63, 3.8) is 0 Å². The van der Waals surface area contributed by atoms with Crippen LogP contribution in [0.4, 0.5) is 11.6 Å². The number of benzene rings is 2. The van der Waals surface area contributed by atoms with Gasteiger partial charge in [-0.3, -0.25) is 39.3 Å². The maximum Gasteiger partial charge on any atom is 1.00 e. The molecule has 6 heterocycles. The van der Waals surface area contributed by atoms with Crippen LogP contribution in [0.15, 0.2) is 97.6 Å². The number of pyridine rings is 2. The number of nitrogens with zero attached hydrogens (tertiary/aromatic N) is 8. The van der Waals surface area contributed by atoms with Gasteiger partial charge >= 0.3 is 41.5 Å². The number of aromatic amines is 2. The van der Waals surface area contributed by atoms with Crippen LogP contribution in [0.1, 0.15) is 40.5 Å². The molecule has 68 heavy (non-hydrogen) atoms. The van der Waals surface area contributed by atoms with Gasteiger partial charge in [0.15, 0.2) is 11.6 Å². The monoisotopic (exact) mass is 987 g/mol. The van der Waals surface area contributed by atoms with Crippen LogP contribution in [0, 0.1) is 0 Å². The van der Waals surface area contributed by atoms with Crippen molar-refractivity contribution < 1.29 is 75.4 Å². The van der Waals surface area contributed by atoms with E-state index in [2.05, 4.69) is 40.2 Å². The number of carbonyl (C=O) groups is 4. The number of nitrogens with one attached hydrogen (secondary N) is 2. The zero-order valence-electron chi connectivity index (χ0n) is 36.1. The summed E-state index contributed by atoms with van der Waals surface area (Å²) < 4.78 is 0. The molecule has 22 heteroatoms. The van der Waals surface area contributed by atoms with Gasteiger partial charge in [0.1, 0.15) is 0 Å². The first-order valence-electron chi connectivity index (χ1n) is 20.0. The van der Waals surface area contributed by atoms with E-state index < -0.39 is 11.9 Å². The first-order chi connectivity index (χ1) is 30.0. The molecule has 8 rings (SSSR count). The predicted molar refractivity (Wildman–Crippen MR) is 260 cm³/mol. The fourth-order valence-corrected chi connectivity index (χ4v) is 7.69. The Hall–Kier alpha value is -5.90. The van der Waals surface area contributed by atoms with Crippen LogP contribution in [-0.2, 0) is 19.2 Å². The molecule has 2 fully saturated rings. The van der Waals surface area contributed by atoms with E-state index in [0.29, 0.717) is 62.4 Å². The maximum absolute atomic E-state index is 12.3. The molecule has 6 aromatic rings. The minimum atomic E-state index is -0.958. The van der Waals surface area contributed by atoms with Gasteiger partial charge in [0, 0.05) is 111 Å². The van der Waals surface area contributed by atoms with Crippen molar-refractivity contribution in [1.29, 1.82) is 0 Å². The Morgan fingerprint density at radius 3 is 1.09 bits per heavy atom. The number of halogens is 2. The number of hydrogen-bond donors (Lipinski definition) is 4. The molecule has 360 valence electrons. The minimum absolute atomic E-state index is 0. The topological polar surface area (TPSA) is 299 Å². The van der Waals surface area contributed by atoms with Crippen molar-refractivity contribution >= 4 is 58.6 Å². The zero-order valence-corrected chi connectivity index (χ0v) is 39.6. The van der Waals surface area contributed by atoms with Crippen LogP contribution < -0.4 is 39.4 Å². The molecule has 2 amide bonds. The van der Waals surface area contributed by atoms with Crippen molar-refractivity contribution in [3.05, 3.63) is 108 Å². The summed E-state index contributed by atoms with van der Waals surface area (Å²) in [5.41, 5.74) is 7.63. The second kappa shape index (κ2) is 28.4. The molecule has 19 nitrogen and oxygen atoms in total. The molecular weight excluding hydrogens is 930 g/mol. The first-order valence-corrected chi connectivity index (χ1v) is 20.8. The van der Waals surface area contributed by atoms with Gasteiger partial charge in [0.2, 0.25) is 11.8 Å².